The minimum Gasteiger partial charge on any atom is -0.481 e. The van der Waals surface area contributed by atoms with Gasteiger partial charge in [0.2, 0.25) is 5.88 Å². The highest BCUT2D eigenvalue weighted by atomic mass is 32.2. The van der Waals surface area contributed by atoms with Crippen LogP contribution in [0, 0.1) is 0 Å². The van der Waals surface area contributed by atoms with Crippen LogP contribution >= 0.6 is 0 Å². The van der Waals surface area contributed by atoms with Gasteiger partial charge in [0, 0.05) is 18.0 Å². The molecule has 0 bridgehead atoms. The summed E-state index contributed by atoms with van der Waals surface area (Å²) in [6.07, 6.45) is 3.55. The van der Waals surface area contributed by atoms with Crippen molar-refractivity contribution in [2.24, 2.45) is 0 Å². The van der Waals surface area contributed by atoms with E-state index in [0.29, 0.717) is 30.0 Å². The SMILES string of the molecule is CCCC(Nc1ccccc1C(=O)NC(CC)c1ccc(OC)nc1)[SH](=O)=O. The highest BCUT2D eigenvalue weighted by Crippen LogP contribution is 2.22. The van der Waals surface area contributed by atoms with Crippen LogP contribution in [-0.4, -0.2) is 31.8 Å². The molecule has 1 amide bonds. The quantitative estimate of drug-likeness (QED) is 0.526. The second-order valence-corrected chi connectivity index (χ2v) is 7.54. The van der Waals surface area contributed by atoms with Gasteiger partial charge in [0.25, 0.3) is 5.91 Å². The molecule has 2 N–H and O–H groups in total. The third-order valence-corrected chi connectivity index (χ3v) is 5.29. The summed E-state index contributed by atoms with van der Waals surface area (Å²) in [5.41, 5.74) is 1.77. The Bertz CT molecular complexity index is 845. The van der Waals surface area contributed by atoms with Gasteiger partial charge < -0.3 is 15.4 Å². The lowest BCUT2D eigenvalue weighted by Gasteiger charge is -2.20. The Hall–Kier alpha value is -2.61. The van der Waals surface area contributed by atoms with Gasteiger partial charge in [-0.1, -0.05) is 38.5 Å². The minimum atomic E-state index is -2.65. The lowest BCUT2D eigenvalue weighted by Crippen LogP contribution is -2.30. The number of pyridine rings is 1. The molecular formula is C20H27N3O4S. The van der Waals surface area contributed by atoms with E-state index in [2.05, 4.69) is 15.6 Å². The molecule has 28 heavy (non-hydrogen) atoms. The highest BCUT2D eigenvalue weighted by Gasteiger charge is 2.19. The molecule has 1 aromatic carbocycles. The first-order valence-corrected chi connectivity index (χ1v) is 10.5. The number of hydrogen-bond acceptors (Lipinski definition) is 6. The predicted octanol–water partition coefficient (Wildman–Crippen LogP) is 3.12. The molecule has 0 aliphatic carbocycles. The molecule has 2 rings (SSSR count). The summed E-state index contributed by atoms with van der Waals surface area (Å²) in [6.45, 7) is 3.89. The monoisotopic (exact) mass is 405 g/mol. The molecule has 2 unspecified atom stereocenters. The van der Waals surface area contributed by atoms with Crippen molar-refractivity contribution in [3.05, 3.63) is 53.7 Å². The predicted molar refractivity (Wildman–Crippen MR) is 110 cm³/mol. The number of aromatic nitrogens is 1. The van der Waals surface area contributed by atoms with E-state index < -0.39 is 16.1 Å². The van der Waals surface area contributed by atoms with Gasteiger partial charge in [-0.2, -0.15) is 0 Å². The van der Waals surface area contributed by atoms with Gasteiger partial charge in [-0.15, -0.1) is 0 Å². The minimum absolute atomic E-state index is 0.221. The average molecular weight is 406 g/mol. The van der Waals surface area contributed by atoms with Crippen LogP contribution in [-0.2, 0) is 10.7 Å². The van der Waals surface area contributed by atoms with Crippen LogP contribution in [0.15, 0.2) is 42.6 Å². The summed E-state index contributed by atoms with van der Waals surface area (Å²) < 4.78 is 28.1. The van der Waals surface area contributed by atoms with Crippen molar-refractivity contribution in [2.45, 2.75) is 44.5 Å². The van der Waals surface area contributed by atoms with Crippen LogP contribution in [0.2, 0.25) is 0 Å². The molecule has 1 heterocycles. The van der Waals surface area contributed by atoms with Gasteiger partial charge in [0.15, 0.2) is 10.7 Å². The van der Waals surface area contributed by atoms with Gasteiger partial charge in [-0.05, 0) is 30.5 Å². The molecule has 8 heteroatoms. The van der Waals surface area contributed by atoms with E-state index >= 15 is 0 Å². The maximum Gasteiger partial charge on any atom is 0.253 e. The lowest BCUT2D eigenvalue weighted by atomic mass is 10.1. The number of carbonyl (C=O) groups is 1. The summed E-state index contributed by atoms with van der Waals surface area (Å²) in [7, 11) is -1.10. The topological polar surface area (TPSA) is 97.4 Å². The van der Waals surface area contributed by atoms with Crippen LogP contribution in [0.1, 0.15) is 55.1 Å². The first-order chi connectivity index (χ1) is 13.5. The zero-order valence-corrected chi connectivity index (χ0v) is 17.2. The maximum absolute atomic E-state index is 12.9. The number of thiol groups is 1. The van der Waals surface area contributed by atoms with Gasteiger partial charge in [0.1, 0.15) is 5.37 Å². The van der Waals surface area contributed by atoms with Gasteiger partial charge in [-0.3, -0.25) is 4.79 Å². The maximum atomic E-state index is 12.9. The first kappa shape index (κ1) is 21.7. The van der Waals surface area contributed by atoms with Crippen molar-refractivity contribution >= 4 is 22.3 Å². The van der Waals surface area contributed by atoms with E-state index in [4.69, 9.17) is 4.74 Å². The Balaban J connectivity index is 2.20. The van der Waals surface area contributed by atoms with Gasteiger partial charge >= 0.3 is 0 Å². The average Bonchev–Trinajstić information content (AvgIpc) is 2.72. The van der Waals surface area contributed by atoms with Crippen LogP contribution in [0.25, 0.3) is 0 Å². The normalized spacial score (nSPS) is 13.0. The molecule has 0 saturated carbocycles. The third kappa shape index (κ3) is 5.69. The first-order valence-electron chi connectivity index (χ1n) is 9.30. The van der Waals surface area contributed by atoms with Gasteiger partial charge in [0.05, 0.1) is 18.7 Å². The van der Waals surface area contributed by atoms with Crippen LogP contribution in [0.5, 0.6) is 5.88 Å². The number of nitrogens with zero attached hydrogens (tertiary/aromatic N) is 1. The van der Waals surface area contributed by atoms with E-state index in [-0.39, 0.29) is 11.9 Å². The highest BCUT2D eigenvalue weighted by molar-refractivity contribution is 7.73. The number of anilines is 1. The summed E-state index contributed by atoms with van der Waals surface area (Å²) in [5.74, 6) is 0.232. The zero-order chi connectivity index (χ0) is 20.5. The molecule has 1 aromatic heterocycles. The number of nitrogens with one attached hydrogen (secondary N) is 2. The van der Waals surface area contributed by atoms with Crippen molar-refractivity contribution in [3.63, 3.8) is 0 Å². The molecule has 2 atom stereocenters. The molecule has 0 radical (unpaired) electrons. The fourth-order valence-electron chi connectivity index (χ4n) is 2.87. The van der Waals surface area contributed by atoms with E-state index in [9.17, 15) is 13.2 Å². The van der Waals surface area contributed by atoms with Crippen molar-refractivity contribution in [1.29, 1.82) is 0 Å². The summed E-state index contributed by atoms with van der Waals surface area (Å²) in [5, 5.41) is 5.28. The Kier molecular flexibility index (Phi) is 8.25. The standard InChI is InChI=1S/C20H27N3O4S/c1-4-8-19(28(25)26)22-17-10-7-6-9-15(17)20(24)23-16(5-2)14-11-12-18(27-3)21-13-14/h6-7,9-13,16,19,22,28H,4-5,8H2,1-3H3,(H,23,24). The third-order valence-electron chi connectivity index (χ3n) is 4.39. The number of rotatable bonds is 10. The van der Waals surface area contributed by atoms with Crippen molar-refractivity contribution in [1.82, 2.24) is 10.3 Å². The van der Waals surface area contributed by atoms with Crippen molar-refractivity contribution in [3.8, 4) is 5.88 Å². The molecule has 7 nitrogen and oxygen atoms in total. The number of ether oxygens (including phenoxy) is 1. The van der Waals surface area contributed by atoms with Crippen LogP contribution in [0.3, 0.4) is 0 Å². The smallest absolute Gasteiger partial charge is 0.253 e. The molecule has 0 aliphatic rings. The Morgan fingerprint density at radius 2 is 1.93 bits per heavy atom. The summed E-state index contributed by atoms with van der Waals surface area (Å²) >= 11 is 0. The number of para-hydroxylation sites is 1. The van der Waals surface area contributed by atoms with Crippen molar-refractivity contribution < 1.29 is 17.9 Å². The fraction of sp³-hybridized carbons (Fsp3) is 0.400. The number of methoxy groups -OCH3 is 1. The number of benzene rings is 1. The molecule has 0 fully saturated rings. The number of hydrogen-bond donors (Lipinski definition) is 3. The van der Waals surface area contributed by atoms with E-state index in [1.54, 1.807) is 43.6 Å². The van der Waals surface area contributed by atoms with Crippen molar-refractivity contribution in [2.75, 3.05) is 12.4 Å². The second-order valence-electron chi connectivity index (χ2n) is 6.35. The van der Waals surface area contributed by atoms with E-state index in [1.165, 1.54) is 0 Å². The van der Waals surface area contributed by atoms with E-state index in [1.807, 2.05) is 19.9 Å². The van der Waals surface area contributed by atoms with Crippen LogP contribution in [0.4, 0.5) is 5.69 Å². The van der Waals surface area contributed by atoms with Crippen LogP contribution < -0.4 is 15.4 Å². The van der Waals surface area contributed by atoms with Gasteiger partial charge in [-0.25, -0.2) is 13.4 Å². The molecule has 0 aliphatic heterocycles. The Labute approximate surface area is 167 Å². The molecular weight excluding hydrogens is 378 g/mol. The molecule has 0 saturated heterocycles. The molecule has 152 valence electrons. The lowest BCUT2D eigenvalue weighted by molar-refractivity contribution is 0.0936. The summed E-state index contributed by atoms with van der Waals surface area (Å²) in [4.78, 5) is 17.1. The number of amides is 1. The number of carbonyl (C=O) groups excluding carboxylic acids is 1. The zero-order valence-electron chi connectivity index (χ0n) is 16.3. The fourth-order valence-corrected chi connectivity index (χ4v) is 3.58. The molecule has 0 spiro atoms. The molecule has 2 aromatic rings. The van der Waals surface area contributed by atoms with E-state index in [0.717, 1.165) is 12.0 Å². The summed E-state index contributed by atoms with van der Waals surface area (Å²) in [6, 6.07) is 10.3. The Morgan fingerprint density at radius 1 is 1.18 bits per heavy atom. The second kappa shape index (κ2) is 10.7. The largest absolute Gasteiger partial charge is 0.481 e. The Morgan fingerprint density at radius 3 is 2.50 bits per heavy atom.